The fourth-order valence-corrected chi connectivity index (χ4v) is 3.29. The van der Waals surface area contributed by atoms with E-state index in [0.717, 1.165) is 24.1 Å². The monoisotopic (exact) mass is 336 g/mol. The van der Waals surface area contributed by atoms with E-state index >= 15 is 0 Å². The lowest BCUT2D eigenvalue weighted by atomic mass is 10.0. The summed E-state index contributed by atoms with van der Waals surface area (Å²) >= 11 is 0. The van der Waals surface area contributed by atoms with Crippen LogP contribution in [0.25, 0.3) is 5.69 Å². The minimum absolute atomic E-state index is 0.120. The highest BCUT2D eigenvalue weighted by Crippen LogP contribution is 2.33. The van der Waals surface area contributed by atoms with Gasteiger partial charge in [0.15, 0.2) is 5.69 Å². The van der Waals surface area contributed by atoms with Crippen LogP contribution in [0.2, 0.25) is 0 Å². The molecule has 6 heteroatoms. The molecule has 3 aromatic rings. The van der Waals surface area contributed by atoms with Gasteiger partial charge in [-0.3, -0.25) is 4.79 Å². The molecule has 2 aromatic carbocycles. The Labute approximate surface area is 144 Å². The molecule has 25 heavy (non-hydrogen) atoms. The first-order valence-corrected chi connectivity index (χ1v) is 8.26. The standard InChI is InChI=1S/C19H17FN4O/c20-15-7-4-6-14(12-15)18-10-5-11-23(18)19(25)17-13-24(22-21-17)16-8-2-1-3-9-16/h1-4,6-9,12-13,18H,5,10-11H2. The number of rotatable bonds is 3. The molecule has 0 spiro atoms. The molecular weight excluding hydrogens is 319 g/mol. The number of hydrogen-bond acceptors (Lipinski definition) is 3. The Hall–Kier alpha value is -3.02. The summed E-state index contributed by atoms with van der Waals surface area (Å²) in [5.41, 5.74) is 1.96. The molecule has 2 heterocycles. The quantitative estimate of drug-likeness (QED) is 0.737. The number of benzene rings is 2. The minimum Gasteiger partial charge on any atom is -0.330 e. The van der Waals surface area contributed by atoms with Gasteiger partial charge in [0, 0.05) is 6.54 Å². The second-order valence-electron chi connectivity index (χ2n) is 6.10. The maximum Gasteiger partial charge on any atom is 0.276 e. The number of aromatic nitrogens is 3. The predicted octanol–water partition coefficient (Wildman–Crippen LogP) is 3.38. The lowest BCUT2D eigenvalue weighted by Gasteiger charge is -2.24. The van der Waals surface area contributed by atoms with Gasteiger partial charge in [-0.2, -0.15) is 0 Å². The molecule has 0 N–H and O–H groups in total. The average molecular weight is 336 g/mol. The molecule has 0 saturated carbocycles. The molecule has 5 nitrogen and oxygen atoms in total. The Morgan fingerprint density at radius 1 is 1.12 bits per heavy atom. The van der Waals surface area contributed by atoms with Gasteiger partial charge in [-0.05, 0) is 42.7 Å². The summed E-state index contributed by atoms with van der Waals surface area (Å²) in [6.07, 6.45) is 3.35. The highest BCUT2D eigenvalue weighted by Gasteiger charge is 2.32. The topological polar surface area (TPSA) is 51.0 Å². The van der Waals surface area contributed by atoms with Gasteiger partial charge in [0.05, 0.1) is 17.9 Å². The van der Waals surface area contributed by atoms with Gasteiger partial charge in [-0.1, -0.05) is 35.5 Å². The molecule has 1 aromatic heterocycles. The molecule has 126 valence electrons. The fraction of sp³-hybridized carbons (Fsp3) is 0.211. The third kappa shape index (κ3) is 3.03. The first-order chi connectivity index (χ1) is 12.2. The summed E-state index contributed by atoms with van der Waals surface area (Å²) in [6.45, 7) is 0.637. The second-order valence-corrected chi connectivity index (χ2v) is 6.10. The Kier molecular flexibility index (Phi) is 4.01. The van der Waals surface area contributed by atoms with Gasteiger partial charge in [0.25, 0.3) is 5.91 Å². The van der Waals surface area contributed by atoms with Crippen LogP contribution in [0.3, 0.4) is 0 Å². The highest BCUT2D eigenvalue weighted by atomic mass is 19.1. The van der Waals surface area contributed by atoms with Crippen molar-refractivity contribution in [2.24, 2.45) is 0 Å². The molecule has 0 aliphatic carbocycles. The van der Waals surface area contributed by atoms with Crippen LogP contribution in [0, 0.1) is 5.82 Å². The normalized spacial score (nSPS) is 17.0. The largest absolute Gasteiger partial charge is 0.330 e. The number of para-hydroxylation sites is 1. The van der Waals surface area contributed by atoms with Crippen LogP contribution in [0.5, 0.6) is 0 Å². The van der Waals surface area contributed by atoms with Gasteiger partial charge in [-0.25, -0.2) is 9.07 Å². The van der Waals surface area contributed by atoms with Crippen molar-refractivity contribution >= 4 is 5.91 Å². The van der Waals surface area contributed by atoms with E-state index in [0.29, 0.717) is 12.2 Å². The Balaban J connectivity index is 1.59. The van der Waals surface area contributed by atoms with E-state index in [9.17, 15) is 9.18 Å². The van der Waals surface area contributed by atoms with Crippen molar-refractivity contribution in [3.05, 3.63) is 77.9 Å². The predicted molar refractivity (Wildman–Crippen MR) is 90.8 cm³/mol. The summed E-state index contributed by atoms with van der Waals surface area (Å²) in [6, 6.07) is 15.8. The molecule has 1 atom stereocenters. The second kappa shape index (κ2) is 6.47. The van der Waals surface area contributed by atoms with Crippen molar-refractivity contribution in [3.8, 4) is 5.69 Å². The molecule has 1 aliphatic heterocycles. The zero-order valence-corrected chi connectivity index (χ0v) is 13.5. The lowest BCUT2D eigenvalue weighted by Crippen LogP contribution is -2.30. The molecule has 4 rings (SSSR count). The van der Waals surface area contributed by atoms with Gasteiger partial charge < -0.3 is 4.90 Å². The van der Waals surface area contributed by atoms with Gasteiger partial charge in [0.2, 0.25) is 0 Å². The van der Waals surface area contributed by atoms with Crippen LogP contribution in [0.15, 0.2) is 60.8 Å². The molecular formula is C19H17FN4O. The minimum atomic E-state index is -0.285. The Morgan fingerprint density at radius 3 is 2.76 bits per heavy atom. The van der Waals surface area contributed by atoms with E-state index in [1.807, 2.05) is 36.4 Å². The number of amides is 1. The van der Waals surface area contributed by atoms with Crippen molar-refractivity contribution in [3.63, 3.8) is 0 Å². The third-order valence-electron chi connectivity index (χ3n) is 4.48. The van der Waals surface area contributed by atoms with Crippen LogP contribution >= 0.6 is 0 Å². The molecule has 0 bridgehead atoms. The molecule has 1 amide bonds. The van der Waals surface area contributed by atoms with Crippen molar-refractivity contribution in [2.45, 2.75) is 18.9 Å². The number of halogens is 1. The number of carbonyl (C=O) groups is 1. The van der Waals surface area contributed by atoms with Gasteiger partial charge in [0.1, 0.15) is 5.82 Å². The summed E-state index contributed by atoms with van der Waals surface area (Å²) in [5, 5.41) is 8.08. The van der Waals surface area contributed by atoms with E-state index in [4.69, 9.17) is 0 Å². The van der Waals surface area contributed by atoms with E-state index in [1.165, 1.54) is 12.1 Å². The third-order valence-corrected chi connectivity index (χ3v) is 4.48. The smallest absolute Gasteiger partial charge is 0.276 e. The lowest BCUT2D eigenvalue weighted by molar-refractivity contribution is 0.0729. The Bertz CT molecular complexity index is 893. The average Bonchev–Trinajstić information content (AvgIpc) is 3.32. The van der Waals surface area contributed by atoms with Crippen LogP contribution in [0.1, 0.15) is 34.9 Å². The van der Waals surface area contributed by atoms with Crippen LogP contribution in [-0.4, -0.2) is 32.3 Å². The van der Waals surface area contributed by atoms with Crippen molar-refractivity contribution in [2.75, 3.05) is 6.54 Å². The number of nitrogens with zero attached hydrogens (tertiary/aromatic N) is 4. The summed E-state index contributed by atoms with van der Waals surface area (Å²) in [4.78, 5) is 14.6. The van der Waals surface area contributed by atoms with Crippen LogP contribution in [-0.2, 0) is 0 Å². The van der Waals surface area contributed by atoms with E-state index in [2.05, 4.69) is 10.3 Å². The molecule has 1 aliphatic rings. The van der Waals surface area contributed by atoms with E-state index in [1.54, 1.807) is 21.8 Å². The highest BCUT2D eigenvalue weighted by molar-refractivity contribution is 5.92. The number of hydrogen-bond donors (Lipinski definition) is 0. The molecule has 1 fully saturated rings. The SMILES string of the molecule is O=C(c1cn(-c2ccccc2)nn1)N1CCCC1c1cccc(F)c1. The van der Waals surface area contributed by atoms with Crippen molar-refractivity contribution in [1.29, 1.82) is 0 Å². The summed E-state index contributed by atoms with van der Waals surface area (Å²) in [5.74, 6) is -0.458. The van der Waals surface area contributed by atoms with Crippen LogP contribution in [0.4, 0.5) is 4.39 Å². The van der Waals surface area contributed by atoms with Crippen molar-refractivity contribution in [1.82, 2.24) is 19.9 Å². The fourth-order valence-electron chi connectivity index (χ4n) is 3.29. The van der Waals surface area contributed by atoms with Gasteiger partial charge in [-0.15, -0.1) is 5.10 Å². The Morgan fingerprint density at radius 2 is 1.96 bits per heavy atom. The maximum absolute atomic E-state index is 13.5. The van der Waals surface area contributed by atoms with Crippen molar-refractivity contribution < 1.29 is 9.18 Å². The maximum atomic E-state index is 13.5. The molecule has 1 saturated heterocycles. The van der Waals surface area contributed by atoms with Gasteiger partial charge >= 0.3 is 0 Å². The molecule has 0 radical (unpaired) electrons. The zero-order chi connectivity index (χ0) is 17.2. The zero-order valence-electron chi connectivity index (χ0n) is 13.5. The summed E-state index contributed by atoms with van der Waals surface area (Å²) < 4.78 is 15.1. The molecule has 1 unspecified atom stereocenters. The van der Waals surface area contributed by atoms with E-state index < -0.39 is 0 Å². The van der Waals surface area contributed by atoms with E-state index in [-0.39, 0.29) is 17.8 Å². The number of likely N-dealkylation sites (tertiary alicyclic amines) is 1. The summed E-state index contributed by atoms with van der Waals surface area (Å²) in [7, 11) is 0. The first kappa shape index (κ1) is 15.5. The van der Waals surface area contributed by atoms with Crippen LogP contribution < -0.4 is 0 Å². The number of carbonyl (C=O) groups excluding carboxylic acids is 1. The first-order valence-electron chi connectivity index (χ1n) is 8.26.